The van der Waals surface area contributed by atoms with Crippen molar-refractivity contribution in [2.75, 3.05) is 6.61 Å². The van der Waals surface area contributed by atoms with E-state index < -0.39 is 12.1 Å². The molecule has 138 valence electrons. The molecule has 0 radical (unpaired) electrons. The molecule has 0 saturated carbocycles. The lowest BCUT2D eigenvalue weighted by molar-refractivity contribution is 0.177. The van der Waals surface area contributed by atoms with Crippen LogP contribution >= 0.6 is 11.6 Å². The number of aromatic nitrogens is 1. The molecular formula is C20H23ClN2O3. The lowest BCUT2D eigenvalue weighted by Crippen LogP contribution is -2.26. The summed E-state index contributed by atoms with van der Waals surface area (Å²) in [6, 6.07) is 5.11. The maximum Gasteiger partial charge on any atom is 0.407 e. The Morgan fingerprint density at radius 1 is 1.15 bits per heavy atom. The predicted molar refractivity (Wildman–Crippen MR) is 103 cm³/mol. The average Bonchev–Trinajstić information content (AvgIpc) is 2.93. The number of aryl methyl sites for hydroxylation is 2. The normalized spacial score (nSPS) is 17.2. The van der Waals surface area contributed by atoms with E-state index in [9.17, 15) is 9.59 Å². The monoisotopic (exact) mass is 374 g/mol. The molecule has 2 N–H and O–H groups in total. The van der Waals surface area contributed by atoms with Crippen molar-refractivity contribution < 1.29 is 9.53 Å². The number of nitrogens with one attached hydrogen (secondary N) is 2. The van der Waals surface area contributed by atoms with Gasteiger partial charge in [0.1, 0.15) is 6.61 Å². The van der Waals surface area contributed by atoms with Gasteiger partial charge in [0.2, 0.25) is 0 Å². The van der Waals surface area contributed by atoms with Gasteiger partial charge < -0.3 is 15.0 Å². The number of ether oxygens (including phenoxy) is 1. The Hall–Kier alpha value is -2.27. The van der Waals surface area contributed by atoms with Gasteiger partial charge in [-0.15, -0.1) is 0 Å². The lowest BCUT2D eigenvalue weighted by atomic mass is 9.85. The lowest BCUT2D eigenvalue weighted by Gasteiger charge is -2.23. The van der Waals surface area contributed by atoms with Crippen molar-refractivity contribution in [2.24, 2.45) is 0 Å². The van der Waals surface area contributed by atoms with Gasteiger partial charge in [0.25, 0.3) is 0 Å². The number of pyridine rings is 1. The molecule has 1 amide bonds. The Morgan fingerprint density at radius 3 is 2.38 bits per heavy atom. The van der Waals surface area contributed by atoms with Gasteiger partial charge in [-0.2, -0.15) is 0 Å². The summed E-state index contributed by atoms with van der Waals surface area (Å²) in [6.07, 6.45) is -0.502. The number of hydrogen-bond acceptors (Lipinski definition) is 3. The summed E-state index contributed by atoms with van der Waals surface area (Å²) in [5, 5.41) is 3.33. The Morgan fingerprint density at radius 2 is 1.85 bits per heavy atom. The number of carbonyl (C=O) groups is 1. The van der Waals surface area contributed by atoms with Crippen LogP contribution in [0.3, 0.4) is 0 Å². The maximum atomic E-state index is 12.7. The number of carbonyl (C=O) groups excluding carboxylic acids is 1. The van der Waals surface area contributed by atoms with Gasteiger partial charge in [-0.1, -0.05) is 38.4 Å². The highest BCUT2D eigenvalue weighted by atomic mass is 35.5. The third-order valence-electron chi connectivity index (χ3n) is 4.70. The molecule has 0 bridgehead atoms. The van der Waals surface area contributed by atoms with Crippen molar-refractivity contribution in [3.63, 3.8) is 0 Å². The number of benzene rings is 1. The molecule has 1 aromatic heterocycles. The topological polar surface area (TPSA) is 71.2 Å². The van der Waals surface area contributed by atoms with E-state index in [1.165, 1.54) is 0 Å². The molecule has 2 heterocycles. The molecule has 1 fully saturated rings. The van der Waals surface area contributed by atoms with Crippen molar-refractivity contribution in [3.8, 4) is 11.3 Å². The van der Waals surface area contributed by atoms with Crippen LogP contribution in [0.25, 0.3) is 11.3 Å². The van der Waals surface area contributed by atoms with Crippen LogP contribution in [-0.2, 0) is 10.2 Å². The minimum Gasteiger partial charge on any atom is -0.447 e. The standard InChI is InChI=1S/C20H23ClN2O3/c1-10-6-13(20(3,4)5)14(21)7-12(10)15-8-17(24)18(11(2)22-15)16-9-26-19(25)23-16/h6-8,16H,9H2,1-5H3,(H,22,24)(H,23,25)/t16-/m1/s1. The number of rotatable bonds is 2. The summed E-state index contributed by atoms with van der Waals surface area (Å²) < 4.78 is 4.90. The first-order valence-corrected chi connectivity index (χ1v) is 8.94. The van der Waals surface area contributed by atoms with Crippen LogP contribution < -0.4 is 10.7 Å². The number of aromatic amines is 1. The largest absolute Gasteiger partial charge is 0.447 e. The highest BCUT2D eigenvalue weighted by molar-refractivity contribution is 6.31. The molecule has 1 aliphatic heterocycles. The first kappa shape index (κ1) is 18.5. The van der Waals surface area contributed by atoms with E-state index in [0.29, 0.717) is 22.0 Å². The maximum absolute atomic E-state index is 12.7. The molecule has 1 saturated heterocycles. The van der Waals surface area contributed by atoms with Gasteiger partial charge in [-0.05, 0) is 36.5 Å². The van der Waals surface area contributed by atoms with E-state index in [1.54, 1.807) is 6.07 Å². The van der Waals surface area contributed by atoms with Gasteiger partial charge in [-0.3, -0.25) is 4.79 Å². The van der Waals surface area contributed by atoms with E-state index in [2.05, 4.69) is 37.1 Å². The molecule has 5 nitrogen and oxygen atoms in total. The number of hydrogen-bond donors (Lipinski definition) is 2. The number of halogens is 1. The minimum absolute atomic E-state index is 0.0613. The molecule has 1 atom stereocenters. The Kier molecular flexibility index (Phi) is 4.61. The molecule has 2 aromatic rings. The van der Waals surface area contributed by atoms with Crippen LogP contribution in [0.15, 0.2) is 23.0 Å². The van der Waals surface area contributed by atoms with Crippen LogP contribution in [0.4, 0.5) is 4.79 Å². The zero-order chi connectivity index (χ0) is 19.2. The summed E-state index contributed by atoms with van der Waals surface area (Å²) >= 11 is 6.51. The third kappa shape index (κ3) is 3.36. The number of alkyl carbamates (subject to hydrolysis) is 1. The zero-order valence-electron chi connectivity index (χ0n) is 15.6. The first-order valence-electron chi connectivity index (χ1n) is 8.56. The van der Waals surface area contributed by atoms with Gasteiger partial charge in [0.15, 0.2) is 5.43 Å². The van der Waals surface area contributed by atoms with Crippen molar-refractivity contribution in [3.05, 3.63) is 55.8 Å². The Bertz CT molecular complexity index is 941. The van der Waals surface area contributed by atoms with Crippen molar-refractivity contribution in [1.82, 2.24) is 10.3 Å². The van der Waals surface area contributed by atoms with Gasteiger partial charge in [0, 0.05) is 33.6 Å². The molecule has 1 aromatic carbocycles. The highest BCUT2D eigenvalue weighted by Gasteiger charge is 2.28. The molecule has 3 rings (SSSR count). The van der Waals surface area contributed by atoms with Crippen LogP contribution in [0, 0.1) is 13.8 Å². The molecule has 0 unspecified atom stereocenters. The van der Waals surface area contributed by atoms with Gasteiger partial charge >= 0.3 is 6.09 Å². The fourth-order valence-electron chi connectivity index (χ4n) is 3.36. The number of H-pyrrole nitrogens is 1. The Balaban J connectivity index is 2.07. The summed E-state index contributed by atoms with van der Waals surface area (Å²) in [7, 11) is 0. The van der Waals surface area contributed by atoms with Crippen molar-refractivity contribution in [2.45, 2.75) is 46.1 Å². The second-order valence-corrected chi connectivity index (χ2v) is 8.19. The summed E-state index contributed by atoms with van der Waals surface area (Å²) in [4.78, 5) is 27.2. The van der Waals surface area contributed by atoms with E-state index in [-0.39, 0.29) is 17.5 Å². The minimum atomic E-state index is -0.502. The van der Waals surface area contributed by atoms with E-state index in [4.69, 9.17) is 16.3 Å². The van der Waals surface area contributed by atoms with Crippen LogP contribution in [0.2, 0.25) is 5.02 Å². The molecule has 0 spiro atoms. The van der Waals surface area contributed by atoms with Crippen LogP contribution in [-0.4, -0.2) is 17.7 Å². The van der Waals surface area contributed by atoms with Crippen molar-refractivity contribution in [1.29, 1.82) is 0 Å². The predicted octanol–water partition coefficient (Wildman–Crippen LogP) is 4.39. The quantitative estimate of drug-likeness (QED) is 0.818. The molecule has 0 aliphatic carbocycles. The third-order valence-corrected chi connectivity index (χ3v) is 5.01. The molecule has 6 heteroatoms. The fourth-order valence-corrected chi connectivity index (χ4v) is 3.81. The fraction of sp³-hybridized carbons (Fsp3) is 0.400. The highest BCUT2D eigenvalue weighted by Crippen LogP contribution is 2.35. The van der Waals surface area contributed by atoms with E-state index in [0.717, 1.165) is 16.7 Å². The average molecular weight is 375 g/mol. The second kappa shape index (κ2) is 6.47. The van der Waals surface area contributed by atoms with Crippen molar-refractivity contribution >= 4 is 17.7 Å². The van der Waals surface area contributed by atoms with E-state index in [1.807, 2.05) is 19.9 Å². The van der Waals surface area contributed by atoms with Crippen LogP contribution in [0.1, 0.15) is 49.2 Å². The van der Waals surface area contributed by atoms with Crippen LogP contribution in [0.5, 0.6) is 0 Å². The molecular weight excluding hydrogens is 352 g/mol. The Labute approximate surface area is 157 Å². The number of cyclic esters (lactones) is 1. The smallest absolute Gasteiger partial charge is 0.407 e. The summed E-state index contributed by atoms with van der Waals surface area (Å²) in [6.45, 7) is 10.3. The van der Waals surface area contributed by atoms with Gasteiger partial charge in [0.05, 0.1) is 6.04 Å². The molecule has 26 heavy (non-hydrogen) atoms. The SMILES string of the molecule is Cc1cc(C(C)(C)C)c(Cl)cc1-c1cc(=O)c([C@H]2COC(=O)N2)c(C)[nH]1. The summed E-state index contributed by atoms with van der Waals surface area (Å²) in [5.41, 5.74) is 4.74. The first-order chi connectivity index (χ1) is 12.1. The second-order valence-electron chi connectivity index (χ2n) is 7.78. The van der Waals surface area contributed by atoms with E-state index >= 15 is 0 Å². The molecule has 1 aliphatic rings. The summed E-state index contributed by atoms with van der Waals surface area (Å²) in [5.74, 6) is 0. The number of amides is 1. The van der Waals surface area contributed by atoms with Gasteiger partial charge in [-0.25, -0.2) is 4.79 Å². The zero-order valence-corrected chi connectivity index (χ0v) is 16.4.